The van der Waals surface area contributed by atoms with Crippen LogP contribution in [0.2, 0.25) is 0 Å². The van der Waals surface area contributed by atoms with Gasteiger partial charge in [0.1, 0.15) is 13.2 Å². The lowest BCUT2D eigenvalue weighted by atomic mass is 10.1. The van der Waals surface area contributed by atoms with Crippen molar-refractivity contribution in [1.29, 1.82) is 0 Å². The van der Waals surface area contributed by atoms with Crippen LogP contribution in [0.1, 0.15) is 23.7 Å². The number of carboxylic acids is 1. The first-order valence-corrected chi connectivity index (χ1v) is 6.46. The number of carbonyl (C=O) groups is 2. The third kappa shape index (κ3) is 3.40. The molecule has 0 radical (unpaired) electrons. The Morgan fingerprint density at radius 3 is 2.85 bits per heavy atom. The largest absolute Gasteiger partial charge is 0.486 e. The second-order valence-corrected chi connectivity index (χ2v) is 4.74. The van der Waals surface area contributed by atoms with E-state index in [1.54, 1.807) is 25.1 Å². The number of para-hydroxylation sites is 1. The highest BCUT2D eigenvalue weighted by atomic mass is 16.6. The number of benzene rings is 1. The Kier molecular flexibility index (Phi) is 4.45. The topological polar surface area (TPSA) is 84.9 Å². The van der Waals surface area contributed by atoms with Crippen molar-refractivity contribution in [1.82, 2.24) is 5.32 Å². The van der Waals surface area contributed by atoms with Gasteiger partial charge in [-0.25, -0.2) is 0 Å². The van der Waals surface area contributed by atoms with E-state index in [1.807, 2.05) is 0 Å². The molecule has 1 aromatic carbocycles. The van der Waals surface area contributed by atoms with Crippen LogP contribution in [-0.2, 0) is 4.79 Å². The fourth-order valence-electron chi connectivity index (χ4n) is 1.98. The van der Waals surface area contributed by atoms with Crippen LogP contribution in [0.15, 0.2) is 18.2 Å². The molecule has 0 bridgehead atoms. The quantitative estimate of drug-likeness (QED) is 0.848. The first-order valence-electron chi connectivity index (χ1n) is 6.46. The van der Waals surface area contributed by atoms with Crippen LogP contribution in [0.25, 0.3) is 0 Å². The van der Waals surface area contributed by atoms with E-state index >= 15 is 0 Å². The van der Waals surface area contributed by atoms with Gasteiger partial charge in [-0.15, -0.1) is 0 Å². The highest BCUT2D eigenvalue weighted by Crippen LogP contribution is 2.33. The summed E-state index contributed by atoms with van der Waals surface area (Å²) in [7, 11) is 0. The molecule has 1 aliphatic rings. The maximum absolute atomic E-state index is 12.1. The van der Waals surface area contributed by atoms with Gasteiger partial charge in [0.05, 0.1) is 5.56 Å². The Morgan fingerprint density at radius 1 is 1.35 bits per heavy atom. The number of rotatable bonds is 5. The summed E-state index contributed by atoms with van der Waals surface area (Å²) in [5, 5.41) is 11.4. The standard InChI is InChI=1S/C14H17NO5/c1-9(7-12(16)17)8-15-14(18)10-3-2-4-11-13(10)20-6-5-19-11/h2-4,9H,5-8H2,1H3,(H,15,18)(H,16,17). The van der Waals surface area contributed by atoms with Gasteiger partial charge in [0.2, 0.25) is 0 Å². The lowest BCUT2D eigenvalue weighted by molar-refractivity contribution is -0.137. The van der Waals surface area contributed by atoms with Crippen molar-refractivity contribution in [2.24, 2.45) is 5.92 Å². The number of aliphatic carboxylic acids is 1. The Balaban J connectivity index is 2.01. The van der Waals surface area contributed by atoms with Crippen molar-refractivity contribution >= 4 is 11.9 Å². The van der Waals surface area contributed by atoms with E-state index in [4.69, 9.17) is 14.6 Å². The van der Waals surface area contributed by atoms with Gasteiger partial charge >= 0.3 is 5.97 Å². The SMILES string of the molecule is CC(CNC(=O)c1cccc2c1OCCO2)CC(=O)O. The fourth-order valence-corrected chi connectivity index (χ4v) is 1.98. The summed E-state index contributed by atoms with van der Waals surface area (Å²) in [5.74, 6) is -0.289. The summed E-state index contributed by atoms with van der Waals surface area (Å²) in [6.45, 7) is 2.95. The third-order valence-electron chi connectivity index (χ3n) is 2.94. The zero-order chi connectivity index (χ0) is 14.5. The van der Waals surface area contributed by atoms with Crippen molar-refractivity contribution in [2.45, 2.75) is 13.3 Å². The normalized spacial score (nSPS) is 14.4. The molecule has 1 unspecified atom stereocenters. The lowest BCUT2D eigenvalue weighted by Gasteiger charge is -2.20. The molecule has 1 amide bonds. The van der Waals surface area contributed by atoms with E-state index in [0.717, 1.165) is 0 Å². The predicted octanol–water partition coefficient (Wildman–Crippen LogP) is 1.30. The average Bonchev–Trinajstić information content (AvgIpc) is 2.43. The van der Waals surface area contributed by atoms with Crippen molar-refractivity contribution < 1.29 is 24.2 Å². The highest BCUT2D eigenvalue weighted by Gasteiger charge is 2.20. The number of hydrogen-bond acceptors (Lipinski definition) is 4. The highest BCUT2D eigenvalue weighted by molar-refractivity contribution is 5.97. The molecule has 2 N–H and O–H groups in total. The van der Waals surface area contributed by atoms with Gasteiger partial charge in [0, 0.05) is 13.0 Å². The molecule has 1 aromatic rings. The predicted molar refractivity (Wildman–Crippen MR) is 71.2 cm³/mol. The number of ether oxygens (including phenoxy) is 2. The first kappa shape index (κ1) is 14.2. The number of carbonyl (C=O) groups excluding carboxylic acids is 1. The van der Waals surface area contributed by atoms with Gasteiger partial charge in [0.15, 0.2) is 11.5 Å². The van der Waals surface area contributed by atoms with E-state index in [0.29, 0.717) is 36.8 Å². The monoisotopic (exact) mass is 279 g/mol. The van der Waals surface area contributed by atoms with Crippen LogP contribution in [0, 0.1) is 5.92 Å². The van der Waals surface area contributed by atoms with Gasteiger partial charge in [-0.2, -0.15) is 0 Å². The van der Waals surface area contributed by atoms with E-state index < -0.39 is 5.97 Å². The fraction of sp³-hybridized carbons (Fsp3) is 0.429. The van der Waals surface area contributed by atoms with Crippen molar-refractivity contribution in [3.05, 3.63) is 23.8 Å². The lowest BCUT2D eigenvalue weighted by Crippen LogP contribution is -2.30. The molecule has 1 atom stereocenters. The van der Waals surface area contributed by atoms with Crippen LogP contribution in [0.3, 0.4) is 0 Å². The second-order valence-electron chi connectivity index (χ2n) is 4.74. The zero-order valence-electron chi connectivity index (χ0n) is 11.2. The van der Waals surface area contributed by atoms with Crippen LogP contribution < -0.4 is 14.8 Å². The Labute approximate surface area is 116 Å². The molecule has 6 heteroatoms. The minimum absolute atomic E-state index is 0.0206. The second kappa shape index (κ2) is 6.27. The molecule has 20 heavy (non-hydrogen) atoms. The molecule has 0 fully saturated rings. The van der Waals surface area contributed by atoms with Gasteiger partial charge in [-0.3, -0.25) is 9.59 Å². The molecular formula is C14H17NO5. The van der Waals surface area contributed by atoms with Crippen molar-refractivity contribution in [3.63, 3.8) is 0 Å². The number of amides is 1. The van der Waals surface area contributed by atoms with Crippen LogP contribution in [0.5, 0.6) is 11.5 Å². The van der Waals surface area contributed by atoms with Gasteiger partial charge in [0.25, 0.3) is 5.91 Å². The summed E-state index contributed by atoms with van der Waals surface area (Å²) in [6.07, 6.45) is 0.0206. The number of fused-ring (bicyclic) bond motifs is 1. The molecule has 0 saturated heterocycles. The Bertz CT molecular complexity index is 514. The number of hydrogen-bond donors (Lipinski definition) is 2. The molecule has 1 heterocycles. The number of nitrogens with one attached hydrogen (secondary N) is 1. The maximum atomic E-state index is 12.1. The molecule has 0 aliphatic carbocycles. The molecule has 6 nitrogen and oxygen atoms in total. The Hall–Kier alpha value is -2.24. The van der Waals surface area contributed by atoms with E-state index in [1.165, 1.54) is 0 Å². The van der Waals surface area contributed by atoms with E-state index in [-0.39, 0.29) is 18.2 Å². The van der Waals surface area contributed by atoms with Crippen molar-refractivity contribution in [3.8, 4) is 11.5 Å². The van der Waals surface area contributed by atoms with Crippen LogP contribution in [0.4, 0.5) is 0 Å². The summed E-state index contributed by atoms with van der Waals surface area (Å²) in [4.78, 5) is 22.7. The summed E-state index contributed by atoms with van der Waals surface area (Å²) in [6, 6.07) is 5.13. The molecule has 1 aliphatic heterocycles. The minimum Gasteiger partial charge on any atom is -0.486 e. The van der Waals surface area contributed by atoms with Gasteiger partial charge in [-0.05, 0) is 18.1 Å². The molecular weight excluding hydrogens is 262 g/mol. The first-order chi connectivity index (χ1) is 9.58. The van der Waals surface area contributed by atoms with Crippen LogP contribution >= 0.6 is 0 Å². The summed E-state index contributed by atoms with van der Waals surface area (Å²) in [5.41, 5.74) is 0.407. The van der Waals surface area contributed by atoms with E-state index in [2.05, 4.69) is 5.32 Å². The molecule has 0 aromatic heterocycles. The molecule has 0 saturated carbocycles. The molecule has 2 rings (SSSR count). The third-order valence-corrected chi connectivity index (χ3v) is 2.94. The maximum Gasteiger partial charge on any atom is 0.303 e. The molecule has 108 valence electrons. The average molecular weight is 279 g/mol. The summed E-state index contributed by atoms with van der Waals surface area (Å²) >= 11 is 0. The van der Waals surface area contributed by atoms with Gasteiger partial charge < -0.3 is 19.9 Å². The number of carboxylic acid groups (broad SMARTS) is 1. The van der Waals surface area contributed by atoms with Crippen LogP contribution in [-0.4, -0.2) is 36.7 Å². The Morgan fingerprint density at radius 2 is 2.10 bits per heavy atom. The van der Waals surface area contributed by atoms with Crippen molar-refractivity contribution in [2.75, 3.05) is 19.8 Å². The van der Waals surface area contributed by atoms with E-state index in [9.17, 15) is 9.59 Å². The minimum atomic E-state index is -0.874. The summed E-state index contributed by atoms with van der Waals surface area (Å²) < 4.78 is 10.9. The zero-order valence-corrected chi connectivity index (χ0v) is 11.2. The van der Waals surface area contributed by atoms with Gasteiger partial charge in [-0.1, -0.05) is 13.0 Å². The molecule has 0 spiro atoms. The smallest absolute Gasteiger partial charge is 0.303 e.